The molecule has 0 fully saturated rings. The minimum atomic E-state index is -1.07. The Morgan fingerprint density at radius 3 is 3.00 bits per heavy atom. The van der Waals surface area contributed by atoms with Crippen LogP contribution in [0.4, 0.5) is 0 Å². The van der Waals surface area contributed by atoms with E-state index in [0.29, 0.717) is 10.2 Å². The standard InChI is InChI=1S/C6H7BrN2O3/c1-12-2-3-4(6(10)11)8-9-5(3)7/h2H2,1H3,(H,8,9)(H,10,11). The Morgan fingerprint density at radius 2 is 2.50 bits per heavy atom. The first-order valence-electron chi connectivity index (χ1n) is 3.11. The molecule has 1 aromatic rings. The van der Waals surface area contributed by atoms with Crippen molar-refractivity contribution in [1.82, 2.24) is 10.2 Å². The lowest BCUT2D eigenvalue weighted by Gasteiger charge is -1.96. The largest absolute Gasteiger partial charge is 0.476 e. The Kier molecular flexibility index (Phi) is 2.83. The SMILES string of the molecule is COCc1c(C(=O)O)n[nH]c1Br. The fraction of sp³-hybridized carbons (Fsp3) is 0.333. The number of aromatic amines is 1. The summed E-state index contributed by atoms with van der Waals surface area (Å²) < 4.78 is 5.35. The fourth-order valence-electron chi connectivity index (χ4n) is 0.797. The number of H-pyrrole nitrogens is 1. The van der Waals surface area contributed by atoms with Crippen LogP contribution in [0.1, 0.15) is 16.1 Å². The maximum Gasteiger partial charge on any atom is 0.356 e. The second-order valence-electron chi connectivity index (χ2n) is 2.10. The minimum Gasteiger partial charge on any atom is -0.476 e. The Labute approximate surface area is 76.9 Å². The smallest absolute Gasteiger partial charge is 0.356 e. The zero-order valence-corrected chi connectivity index (χ0v) is 7.88. The summed E-state index contributed by atoms with van der Waals surface area (Å²) in [5.74, 6) is -1.07. The third kappa shape index (κ3) is 1.64. The summed E-state index contributed by atoms with van der Waals surface area (Å²) in [6, 6.07) is 0. The van der Waals surface area contributed by atoms with Gasteiger partial charge in [-0.05, 0) is 15.9 Å². The van der Waals surface area contributed by atoms with Crippen LogP contribution in [0.15, 0.2) is 4.60 Å². The van der Waals surface area contributed by atoms with Crippen LogP contribution in [0.2, 0.25) is 0 Å². The third-order valence-electron chi connectivity index (χ3n) is 1.31. The molecule has 0 radical (unpaired) electrons. The number of nitrogens with zero attached hydrogens (tertiary/aromatic N) is 1. The van der Waals surface area contributed by atoms with Crippen molar-refractivity contribution in [3.63, 3.8) is 0 Å². The molecule has 12 heavy (non-hydrogen) atoms. The summed E-state index contributed by atoms with van der Waals surface area (Å²) in [7, 11) is 1.49. The maximum absolute atomic E-state index is 10.6. The predicted molar refractivity (Wildman–Crippen MR) is 44.0 cm³/mol. The molecule has 0 saturated carbocycles. The summed E-state index contributed by atoms with van der Waals surface area (Å²) in [4.78, 5) is 10.6. The van der Waals surface area contributed by atoms with Gasteiger partial charge in [0.25, 0.3) is 0 Å². The number of aromatic nitrogens is 2. The van der Waals surface area contributed by atoms with E-state index in [1.165, 1.54) is 7.11 Å². The molecule has 0 bridgehead atoms. The van der Waals surface area contributed by atoms with E-state index in [9.17, 15) is 4.79 Å². The molecular formula is C6H7BrN2O3. The quantitative estimate of drug-likeness (QED) is 0.819. The van der Waals surface area contributed by atoms with Crippen molar-refractivity contribution in [2.24, 2.45) is 0 Å². The number of carboxylic acid groups (broad SMARTS) is 1. The van der Waals surface area contributed by atoms with E-state index < -0.39 is 5.97 Å². The van der Waals surface area contributed by atoms with Crippen molar-refractivity contribution in [1.29, 1.82) is 0 Å². The number of aromatic carboxylic acids is 1. The van der Waals surface area contributed by atoms with Crippen molar-refractivity contribution in [3.8, 4) is 0 Å². The van der Waals surface area contributed by atoms with Crippen LogP contribution in [0.25, 0.3) is 0 Å². The van der Waals surface area contributed by atoms with Gasteiger partial charge in [-0.3, -0.25) is 5.10 Å². The summed E-state index contributed by atoms with van der Waals surface area (Å²) >= 11 is 3.13. The zero-order valence-electron chi connectivity index (χ0n) is 6.30. The lowest BCUT2D eigenvalue weighted by Crippen LogP contribution is -2.02. The number of rotatable bonds is 3. The fourth-order valence-corrected chi connectivity index (χ4v) is 1.19. The van der Waals surface area contributed by atoms with Gasteiger partial charge in [0, 0.05) is 12.7 Å². The average molecular weight is 235 g/mol. The van der Waals surface area contributed by atoms with Crippen LogP contribution in [0.5, 0.6) is 0 Å². The molecule has 0 unspecified atom stereocenters. The van der Waals surface area contributed by atoms with Gasteiger partial charge in [0.15, 0.2) is 5.69 Å². The van der Waals surface area contributed by atoms with Crippen molar-refractivity contribution in [2.45, 2.75) is 6.61 Å². The second kappa shape index (κ2) is 3.68. The number of carboxylic acids is 1. The predicted octanol–water partition coefficient (Wildman–Crippen LogP) is 1.02. The van der Waals surface area contributed by atoms with Crippen LogP contribution < -0.4 is 0 Å². The minimum absolute atomic E-state index is 0.0104. The van der Waals surface area contributed by atoms with E-state index >= 15 is 0 Å². The Balaban J connectivity index is 3.03. The molecule has 0 aromatic carbocycles. The summed E-state index contributed by atoms with van der Waals surface area (Å²) in [5.41, 5.74) is 0.508. The Bertz CT molecular complexity index is 297. The van der Waals surface area contributed by atoms with E-state index in [0.717, 1.165) is 0 Å². The van der Waals surface area contributed by atoms with Crippen molar-refractivity contribution >= 4 is 21.9 Å². The van der Waals surface area contributed by atoms with Gasteiger partial charge in [-0.25, -0.2) is 4.79 Å². The number of ether oxygens (including phenoxy) is 1. The molecule has 0 aliphatic carbocycles. The summed E-state index contributed by atoms with van der Waals surface area (Å²) in [6.45, 7) is 0.221. The van der Waals surface area contributed by atoms with E-state index in [-0.39, 0.29) is 12.3 Å². The molecular weight excluding hydrogens is 228 g/mol. The Hall–Kier alpha value is -0.880. The second-order valence-corrected chi connectivity index (χ2v) is 2.90. The molecule has 0 amide bonds. The molecule has 1 rings (SSSR count). The molecule has 1 aromatic heterocycles. The van der Waals surface area contributed by atoms with Crippen LogP contribution >= 0.6 is 15.9 Å². The molecule has 2 N–H and O–H groups in total. The maximum atomic E-state index is 10.6. The molecule has 6 heteroatoms. The van der Waals surface area contributed by atoms with Gasteiger partial charge in [0.05, 0.1) is 6.61 Å². The Morgan fingerprint density at radius 1 is 1.83 bits per heavy atom. The van der Waals surface area contributed by atoms with Crippen LogP contribution in [-0.2, 0) is 11.3 Å². The first-order valence-corrected chi connectivity index (χ1v) is 3.91. The van der Waals surface area contributed by atoms with E-state index in [4.69, 9.17) is 9.84 Å². The summed E-state index contributed by atoms with van der Waals surface area (Å²) in [5, 5.41) is 14.7. The number of carbonyl (C=O) groups is 1. The van der Waals surface area contributed by atoms with Gasteiger partial charge in [-0.2, -0.15) is 5.10 Å². The highest BCUT2D eigenvalue weighted by Crippen LogP contribution is 2.17. The molecule has 0 saturated heterocycles. The van der Waals surface area contributed by atoms with Crippen molar-refractivity contribution < 1.29 is 14.6 Å². The number of nitrogens with one attached hydrogen (secondary N) is 1. The van der Waals surface area contributed by atoms with Crippen LogP contribution in [0, 0.1) is 0 Å². The van der Waals surface area contributed by atoms with Gasteiger partial charge in [0.1, 0.15) is 4.60 Å². The first kappa shape index (κ1) is 9.21. The number of halogens is 1. The van der Waals surface area contributed by atoms with Gasteiger partial charge in [-0.1, -0.05) is 0 Å². The highest BCUT2D eigenvalue weighted by Gasteiger charge is 2.16. The van der Waals surface area contributed by atoms with Gasteiger partial charge in [-0.15, -0.1) is 0 Å². The monoisotopic (exact) mass is 234 g/mol. The lowest BCUT2D eigenvalue weighted by atomic mass is 10.3. The van der Waals surface area contributed by atoms with Crippen LogP contribution in [-0.4, -0.2) is 28.4 Å². The summed E-state index contributed by atoms with van der Waals surface area (Å²) in [6.07, 6.45) is 0. The van der Waals surface area contributed by atoms with E-state index in [1.807, 2.05) is 0 Å². The zero-order chi connectivity index (χ0) is 9.14. The molecule has 5 nitrogen and oxygen atoms in total. The average Bonchev–Trinajstić information content (AvgIpc) is 2.34. The number of methoxy groups -OCH3 is 1. The highest BCUT2D eigenvalue weighted by atomic mass is 79.9. The van der Waals surface area contributed by atoms with E-state index in [1.54, 1.807) is 0 Å². The normalized spacial score (nSPS) is 10.2. The van der Waals surface area contributed by atoms with Crippen molar-refractivity contribution in [3.05, 3.63) is 15.9 Å². The van der Waals surface area contributed by atoms with Crippen molar-refractivity contribution in [2.75, 3.05) is 7.11 Å². The molecule has 1 heterocycles. The van der Waals surface area contributed by atoms with Gasteiger partial charge in [0.2, 0.25) is 0 Å². The number of hydrogen-bond acceptors (Lipinski definition) is 3. The van der Waals surface area contributed by atoms with E-state index in [2.05, 4.69) is 26.1 Å². The van der Waals surface area contributed by atoms with Crippen LogP contribution in [0.3, 0.4) is 0 Å². The third-order valence-corrected chi connectivity index (χ3v) is 1.96. The highest BCUT2D eigenvalue weighted by molar-refractivity contribution is 9.10. The lowest BCUT2D eigenvalue weighted by molar-refractivity contribution is 0.0685. The molecule has 0 spiro atoms. The topological polar surface area (TPSA) is 75.2 Å². The molecule has 0 atom stereocenters. The molecule has 0 aliphatic rings. The first-order chi connectivity index (χ1) is 5.66. The number of hydrogen-bond donors (Lipinski definition) is 2. The van der Waals surface area contributed by atoms with Gasteiger partial charge < -0.3 is 9.84 Å². The molecule has 66 valence electrons. The molecule has 0 aliphatic heterocycles. The van der Waals surface area contributed by atoms with Gasteiger partial charge >= 0.3 is 5.97 Å².